The first-order valence-electron chi connectivity index (χ1n) is 17.9. The van der Waals surface area contributed by atoms with Gasteiger partial charge in [-0.2, -0.15) is 0 Å². The second-order valence-electron chi connectivity index (χ2n) is 12.1. The van der Waals surface area contributed by atoms with Crippen molar-refractivity contribution < 1.29 is 31.3 Å². The molecule has 0 fully saturated rings. The fourth-order valence-electron chi connectivity index (χ4n) is 5.18. The summed E-state index contributed by atoms with van der Waals surface area (Å²) in [5, 5.41) is 0. The van der Waals surface area contributed by atoms with E-state index in [0.29, 0.717) is 12.8 Å². The van der Waals surface area contributed by atoms with Gasteiger partial charge in [-0.25, -0.2) is 0 Å². The van der Waals surface area contributed by atoms with Crippen molar-refractivity contribution in [3.63, 3.8) is 0 Å². The van der Waals surface area contributed by atoms with Crippen LogP contribution in [-0.2, 0) is 26.4 Å². The van der Waals surface area contributed by atoms with Gasteiger partial charge in [0.25, 0.3) is 0 Å². The van der Waals surface area contributed by atoms with Crippen molar-refractivity contribution in [2.45, 2.75) is 194 Å². The molecule has 0 rings (SSSR count). The molecule has 0 aromatic carbocycles. The summed E-state index contributed by atoms with van der Waals surface area (Å²) < 4.78 is 17.6. The first-order valence-corrected chi connectivity index (χ1v) is 19.6. The summed E-state index contributed by atoms with van der Waals surface area (Å²) in [6.45, 7) is 4.98. The standard InChI is InChI=1S/C36H71O3P.Cr/c1-3-5-7-9-11-13-15-17-19-21-23-25-27-29-31-33-35-39-40(37,38)36-34-32-30-28-26-24-22-20-18-16-14-12-10-8-6-4-2;/h17-20H,3-16,21-36H2,1-2H3,(H,37,38);/b19-17-,20-18-;. The van der Waals surface area contributed by atoms with Crippen LogP contribution < -0.4 is 0 Å². The molecule has 41 heavy (non-hydrogen) atoms. The molecule has 0 spiro atoms. The Morgan fingerprint density at radius 3 is 1.12 bits per heavy atom. The second kappa shape index (κ2) is 36.4. The fraction of sp³-hybridized carbons (Fsp3) is 0.889. The third kappa shape index (κ3) is 38.1. The zero-order valence-electron chi connectivity index (χ0n) is 27.6. The molecule has 0 amide bonds. The van der Waals surface area contributed by atoms with Crippen LogP contribution >= 0.6 is 7.60 Å². The quantitative estimate of drug-likeness (QED) is 0.0444. The van der Waals surface area contributed by atoms with Gasteiger partial charge in [0.15, 0.2) is 0 Å². The average Bonchev–Trinajstić information content (AvgIpc) is 2.94. The van der Waals surface area contributed by atoms with Crippen LogP contribution in [0.15, 0.2) is 24.3 Å². The van der Waals surface area contributed by atoms with Gasteiger partial charge < -0.3 is 9.42 Å². The molecule has 1 N–H and O–H groups in total. The smallest absolute Gasteiger partial charge is 0.324 e. The molecular formula is C36H71CrO3P. The Morgan fingerprint density at radius 1 is 0.463 bits per heavy atom. The van der Waals surface area contributed by atoms with E-state index in [1.165, 1.54) is 148 Å². The van der Waals surface area contributed by atoms with Gasteiger partial charge in [-0.15, -0.1) is 0 Å². The maximum absolute atomic E-state index is 12.2. The fourth-order valence-corrected chi connectivity index (χ4v) is 6.35. The number of allylic oxidation sites excluding steroid dienone is 4. The molecule has 0 radical (unpaired) electrons. The van der Waals surface area contributed by atoms with Crippen LogP contribution in [0.5, 0.6) is 0 Å². The van der Waals surface area contributed by atoms with E-state index in [-0.39, 0.29) is 17.4 Å². The van der Waals surface area contributed by atoms with Crippen molar-refractivity contribution in [2.24, 2.45) is 0 Å². The summed E-state index contributed by atoms with van der Waals surface area (Å²) in [7, 11) is -3.39. The Kier molecular flexibility index (Phi) is 38.4. The molecule has 0 heterocycles. The minimum atomic E-state index is -3.39. The maximum atomic E-state index is 12.2. The summed E-state index contributed by atoms with van der Waals surface area (Å²) in [6.07, 6.45) is 45.0. The number of rotatable bonds is 33. The van der Waals surface area contributed by atoms with E-state index in [1.807, 2.05) is 0 Å². The van der Waals surface area contributed by atoms with Gasteiger partial charge in [-0.3, -0.25) is 4.57 Å². The molecule has 5 heteroatoms. The monoisotopic (exact) mass is 634 g/mol. The molecule has 1 atom stereocenters. The molecule has 3 nitrogen and oxygen atoms in total. The van der Waals surface area contributed by atoms with Gasteiger partial charge in [0, 0.05) is 23.5 Å². The van der Waals surface area contributed by atoms with Gasteiger partial charge in [-0.1, -0.05) is 154 Å². The van der Waals surface area contributed by atoms with E-state index in [2.05, 4.69) is 38.2 Å². The first-order chi connectivity index (χ1) is 19.6. The topological polar surface area (TPSA) is 46.5 Å². The van der Waals surface area contributed by atoms with Gasteiger partial charge in [0.05, 0.1) is 6.61 Å². The first kappa shape index (κ1) is 43.3. The zero-order valence-corrected chi connectivity index (χ0v) is 29.8. The summed E-state index contributed by atoms with van der Waals surface area (Å²) in [4.78, 5) is 10.1. The van der Waals surface area contributed by atoms with Crippen molar-refractivity contribution in [1.82, 2.24) is 0 Å². The van der Waals surface area contributed by atoms with Crippen molar-refractivity contribution >= 4 is 7.60 Å². The minimum absolute atomic E-state index is 0. The maximum Gasteiger partial charge on any atom is 0.328 e. The largest absolute Gasteiger partial charge is 0.328 e. The summed E-state index contributed by atoms with van der Waals surface area (Å²) >= 11 is 0. The molecule has 0 aromatic heterocycles. The number of hydrogen-bond donors (Lipinski definition) is 1. The molecule has 0 bridgehead atoms. The molecule has 0 saturated carbocycles. The van der Waals surface area contributed by atoms with Crippen LogP contribution in [0, 0.1) is 0 Å². The number of unbranched alkanes of at least 4 members (excludes halogenated alkanes) is 24. The van der Waals surface area contributed by atoms with E-state index in [1.54, 1.807) is 0 Å². The Bertz CT molecular complexity index is 593. The van der Waals surface area contributed by atoms with Crippen LogP contribution in [0.1, 0.15) is 194 Å². The van der Waals surface area contributed by atoms with Crippen molar-refractivity contribution in [3.8, 4) is 0 Å². The molecule has 0 aliphatic carbocycles. The Balaban J connectivity index is 0. The van der Waals surface area contributed by atoms with Crippen LogP contribution in [0.2, 0.25) is 0 Å². The molecule has 0 aromatic rings. The third-order valence-corrected chi connectivity index (χ3v) is 9.37. The minimum Gasteiger partial charge on any atom is -0.324 e. The molecular weight excluding hydrogens is 563 g/mol. The SMILES string of the molecule is CCCCCCCC/C=C\CCCCCCCCOP(=O)(O)CCCCCCCC/C=C\CCCCCCCC.[Cr]. The third-order valence-electron chi connectivity index (χ3n) is 7.90. The van der Waals surface area contributed by atoms with Gasteiger partial charge in [-0.05, 0) is 64.2 Å². The van der Waals surface area contributed by atoms with Crippen LogP contribution in [0.3, 0.4) is 0 Å². The molecule has 1 unspecified atom stereocenters. The Labute approximate surface area is 268 Å². The zero-order chi connectivity index (χ0) is 29.2. The summed E-state index contributed by atoms with van der Waals surface area (Å²) in [5.74, 6) is 0. The molecule has 0 saturated heterocycles. The normalized spacial score (nSPS) is 13.2. The average molecular weight is 635 g/mol. The van der Waals surface area contributed by atoms with E-state index in [4.69, 9.17) is 4.52 Å². The van der Waals surface area contributed by atoms with Crippen molar-refractivity contribution in [2.75, 3.05) is 12.8 Å². The van der Waals surface area contributed by atoms with Crippen LogP contribution in [0.4, 0.5) is 0 Å². The Hall–Kier alpha value is 0.162. The second-order valence-corrected chi connectivity index (χ2v) is 14.1. The molecule has 0 aliphatic heterocycles. The molecule has 244 valence electrons. The van der Waals surface area contributed by atoms with E-state index in [9.17, 15) is 9.46 Å². The van der Waals surface area contributed by atoms with Crippen LogP contribution in [-0.4, -0.2) is 17.7 Å². The predicted molar refractivity (Wildman–Crippen MR) is 180 cm³/mol. The Morgan fingerprint density at radius 2 is 0.756 bits per heavy atom. The predicted octanol–water partition coefficient (Wildman–Crippen LogP) is 13.3. The van der Waals surface area contributed by atoms with Crippen molar-refractivity contribution in [3.05, 3.63) is 24.3 Å². The summed E-state index contributed by atoms with van der Waals surface area (Å²) in [5.41, 5.74) is 0. The summed E-state index contributed by atoms with van der Waals surface area (Å²) in [6, 6.07) is 0. The van der Waals surface area contributed by atoms with E-state index < -0.39 is 7.60 Å². The van der Waals surface area contributed by atoms with Gasteiger partial charge in [0.1, 0.15) is 0 Å². The molecule has 0 aliphatic rings. The van der Waals surface area contributed by atoms with E-state index >= 15 is 0 Å². The number of hydrogen-bond acceptors (Lipinski definition) is 2. The van der Waals surface area contributed by atoms with E-state index in [0.717, 1.165) is 32.1 Å². The van der Waals surface area contributed by atoms with Crippen molar-refractivity contribution in [1.29, 1.82) is 0 Å². The van der Waals surface area contributed by atoms with Gasteiger partial charge >= 0.3 is 7.60 Å². The van der Waals surface area contributed by atoms with Crippen LogP contribution in [0.25, 0.3) is 0 Å². The van der Waals surface area contributed by atoms with Gasteiger partial charge in [0.2, 0.25) is 0 Å².